The van der Waals surface area contributed by atoms with Gasteiger partial charge in [-0.2, -0.15) is 0 Å². The summed E-state index contributed by atoms with van der Waals surface area (Å²) in [5.41, 5.74) is 4.57. The van der Waals surface area contributed by atoms with Crippen LogP contribution in [-0.4, -0.2) is 44.7 Å². The number of hydrogen-bond donors (Lipinski definition) is 2. The van der Waals surface area contributed by atoms with Gasteiger partial charge in [-0.15, -0.1) is 0 Å². The Balaban J connectivity index is 2.52. The van der Waals surface area contributed by atoms with Gasteiger partial charge in [0.15, 0.2) is 0 Å². The molecule has 0 amide bonds. The summed E-state index contributed by atoms with van der Waals surface area (Å²) in [6, 6.07) is 4.09. The third-order valence-electron chi connectivity index (χ3n) is 3.99. The molecular formula is C18H26N3O2+. The van der Waals surface area contributed by atoms with Crippen molar-refractivity contribution in [3.05, 3.63) is 35.0 Å². The molecule has 0 unspecified atom stereocenters. The molecule has 0 aliphatic rings. The van der Waals surface area contributed by atoms with Crippen molar-refractivity contribution < 1.29 is 14.4 Å². The van der Waals surface area contributed by atoms with E-state index < -0.39 is 0 Å². The van der Waals surface area contributed by atoms with E-state index in [9.17, 15) is 4.79 Å². The molecule has 0 saturated heterocycles. The van der Waals surface area contributed by atoms with Crippen LogP contribution in [-0.2, 0) is 4.74 Å². The molecule has 0 bridgehead atoms. The first-order valence-electron chi connectivity index (χ1n) is 8.04. The van der Waals surface area contributed by atoms with E-state index in [0.717, 1.165) is 35.2 Å². The van der Waals surface area contributed by atoms with Crippen molar-refractivity contribution in [2.24, 2.45) is 0 Å². The molecule has 0 aliphatic carbocycles. The molecule has 23 heavy (non-hydrogen) atoms. The SMILES string of the molecule is CCOC(=O)c1cnc2c(C)c(C)ccc2c1NCC[NH+](C)C. The van der Waals surface area contributed by atoms with Gasteiger partial charge in [-0.05, 0) is 31.9 Å². The van der Waals surface area contributed by atoms with Gasteiger partial charge in [-0.1, -0.05) is 12.1 Å². The third-order valence-corrected chi connectivity index (χ3v) is 3.99. The Morgan fingerprint density at radius 1 is 1.30 bits per heavy atom. The van der Waals surface area contributed by atoms with Gasteiger partial charge >= 0.3 is 5.97 Å². The van der Waals surface area contributed by atoms with Crippen LogP contribution in [0.5, 0.6) is 0 Å². The molecule has 5 heteroatoms. The van der Waals surface area contributed by atoms with Crippen molar-refractivity contribution in [3.63, 3.8) is 0 Å². The zero-order chi connectivity index (χ0) is 17.0. The van der Waals surface area contributed by atoms with Gasteiger partial charge in [0.25, 0.3) is 0 Å². The Morgan fingerprint density at radius 2 is 2.04 bits per heavy atom. The van der Waals surface area contributed by atoms with Gasteiger partial charge < -0.3 is 15.0 Å². The lowest BCUT2D eigenvalue weighted by molar-refractivity contribution is -0.856. The lowest BCUT2D eigenvalue weighted by Crippen LogP contribution is -3.06. The number of aryl methyl sites for hydroxylation is 2. The summed E-state index contributed by atoms with van der Waals surface area (Å²) in [5.74, 6) is -0.333. The number of pyridine rings is 1. The maximum Gasteiger partial charge on any atom is 0.341 e. The van der Waals surface area contributed by atoms with Crippen molar-refractivity contribution in [3.8, 4) is 0 Å². The van der Waals surface area contributed by atoms with Crippen LogP contribution in [0, 0.1) is 13.8 Å². The van der Waals surface area contributed by atoms with Crippen LogP contribution in [0.2, 0.25) is 0 Å². The maximum absolute atomic E-state index is 12.3. The number of quaternary nitrogens is 1. The highest BCUT2D eigenvalue weighted by Crippen LogP contribution is 2.29. The topological polar surface area (TPSA) is 55.7 Å². The first kappa shape index (κ1) is 17.2. The van der Waals surface area contributed by atoms with E-state index in [1.165, 1.54) is 10.5 Å². The van der Waals surface area contributed by atoms with E-state index in [4.69, 9.17) is 4.74 Å². The summed E-state index contributed by atoms with van der Waals surface area (Å²) in [6.45, 7) is 8.02. The van der Waals surface area contributed by atoms with Crippen molar-refractivity contribution in [1.29, 1.82) is 0 Å². The molecule has 5 nitrogen and oxygen atoms in total. The number of anilines is 1. The second kappa shape index (κ2) is 7.42. The van der Waals surface area contributed by atoms with E-state index >= 15 is 0 Å². The molecule has 2 aromatic rings. The van der Waals surface area contributed by atoms with Crippen molar-refractivity contribution >= 4 is 22.6 Å². The predicted molar refractivity (Wildman–Crippen MR) is 93.3 cm³/mol. The molecule has 0 aliphatic heterocycles. The summed E-state index contributed by atoms with van der Waals surface area (Å²) in [4.78, 5) is 18.1. The van der Waals surface area contributed by atoms with E-state index in [1.54, 1.807) is 6.20 Å². The number of benzene rings is 1. The Labute approximate surface area is 137 Å². The van der Waals surface area contributed by atoms with Crippen LogP contribution in [0.25, 0.3) is 10.9 Å². The van der Waals surface area contributed by atoms with Gasteiger partial charge in [-0.3, -0.25) is 4.98 Å². The molecule has 1 aromatic carbocycles. The summed E-state index contributed by atoms with van der Waals surface area (Å²) in [7, 11) is 4.21. The zero-order valence-electron chi connectivity index (χ0n) is 14.6. The number of esters is 1. The normalized spacial score (nSPS) is 11.0. The standard InChI is InChI=1S/C18H25N3O2/c1-6-23-18(22)15-11-20-16-13(3)12(2)7-8-14(16)17(15)19-9-10-21(4)5/h7-8,11H,6,9-10H2,1-5H3,(H,19,20)/p+1. The number of rotatable bonds is 6. The van der Waals surface area contributed by atoms with Crippen LogP contribution in [0.1, 0.15) is 28.4 Å². The van der Waals surface area contributed by atoms with E-state index in [0.29, 0.717) is 12.2 Å². The minimum Gasteiger partial charge on any atom is -0.462 e. The lowest BCUT2D eigenvalue weighted by Gasteiger charge is -2.16. The number of nitrogens with one attached hydrogen (secondary N) is 2. The third kappa shape index (κ3) is 3.79. The average Bonchev–Trinajstić information content (AvgIpc) is 2.51. The highest BCUT2D eigenvalue weighted by Gasteiger charge is 2.17. The van der Waals surface area contributed by atoms with Crippen LogP contribution in [0.15, 0.2) is 18.3 Å². The molecule has 2 rings (SSSR count). The first-order valence-corrected chi connectivity index (χ1v) is 8.04. The second-order valence-electron chi connectivity index (χ2n) is 6.05. The van der Waals surface area contributed by atoms with Gasteiger partial charge in [0, 0.05) is 11.6 Å². The monoisotopic (exact) mass is 316 g/mol. The fraction of sp³-hybridized carbons (Fsp3) is 0.444. The number of carbonyl (C=O) groups is 1. The Hall–Kier alpha value is -2.14. The molecule has 0 saturated carbocycles. The van der Waals surface area contributed by atoms with Gasteiger partial charge in [0.1, 0.15) is 5.56 Å². The molecule has 124 valence electrons. The summed E-state index contributed by atoms with van der Waals surface area (Å²) in [6.07, 6.45) is 1.62. The van der Waals surface area contributed by atoms with Crippen molar-refractivity contribution in [1.82, 2.24) is 4.98 Å². The Morgan fingerprint density at radius 3 is 2.70 bits per heavy atom. The predicted octanol–water partition coefficient (Wildman–Crippen LogP) is 1.58. The van der Waals surface area contributed by atoms with Crippen LogP contribution in [0.3, 0.4) is 0 Å². The highest BCUT2D eigenvalue weighted by atomic mass is 16.5. The number of carbonyl (C=O) groups excluding carboxylic acids is 1. The molecule has 2 N–H and O–H groups in total. The molecular weight excluding hydrogens is 290 g/mol. The van der Waals surface area contributed by atoms with E-state index in [-0.39, 0.29) is 5.97 Å². The minimum atomic E-state index is -0.333. The van der Waals surface area contributed by atoms with Gasteiger partial charge in [-0.25, -0.2) is 4.79 Å². The highest BCUT2D eigenvalue weighted by molar-refractivity contribution is 6.05. The molecule has 0 fully saturated rings. The van der Waals surface area contributed by atoms with Crippen LogP contribution >= 0.6 is 0 Å². The van der Waals surface area contributed by atoms with Crippen LogP contribution in [0.4, 0.5) is 5.69 Å². The molecule has 0 radical (unpaired) electrons. The largest absolute Gasteiger partial charge is 0.462 e. The van der Waals surface area contributed by atoms with Crippen LogP contribution < -0.4 is 10.2 Å². The minimum absolute atomic E-state index is 0.333. The molecule has 1 aromatic heterocycles. The lowest BCUT2D eigenvalue weighted by atomic mass is 10.0. The van der Waals surface area contributed by atoms with Crippen molar-refractivity contribution in [2.75, 3.05) is 39.1 Å². The summed E-state index contributed by atoms with van der Waals surface area (Å²) >= 11 is 0. The number of likely N-dealkylation sites (N-methyl/N-ethyl adjacent to an activating group) is 1. The number of fused-ring (bicyclic) bond motifs is 1. The van der Waals surface area contributed by atoms with Crippen molar-refractivity contribution in [2.45, 2.75) is 20.8 Å². The number of hydrogen-bond acceptors (Lipinski definition) is 4. The fourth-order valence-electron chi connectivity index (χ4n) is 2.50. The molecule has 1 heterocycles. The Bertz CT molecular complexity index is 711. The maximum atomic E-state index is 12.3. The number of nitrogens with zero attached hydrogens (tertiary/aromatic N) is 1. The summed E-state index contributed by atoms with van der Waals surface area (Å²) < 4.78 is 5.17. The quantitative estimate of drug-likeness (QED) is 0.795. The average molecular weight is 316 g/mol. The van der Waals surface area contributed by atoms with Gasteiger partial charge in [0.2, 0.25) is 0 Å². The second-order valence-corrected chi connectivity index (χ2v) is 6.05. The van der Waals surface area contributed by atoms with E-state index in [1.807, 2.05) is 13.0 Å². The number of ether oxygens (including phenoxy) is 1. The Kier molecular flexibility index (Phi) is 5.55. The smallest absolute Gasteiger partial charge is 0.341 e. The van der Waals surface area contributed by atoms with E-state index in [2.05, 4.69) is 44.3 Å². The molecule has 0 spiro atoms. The molecule has 0 atom stereocenters. The van der Waals surface area contributed by atoms with Gasteiger partial charge in [0.05, 0.1) is 45.0 Å². The first-order chi connectivity index (χ1) is 11.0. The fourth-order valence-corrected chi connectivity index (χ4v) is 2.50. The summed E-state index contributed by atoms with van der Waals surface area (Å²) in [5, 5.41) is 4.38. The number of aromatic nitrogens is 1. The zero-order valence-corrected chi connectivity index (χ0v) is 14.6.